The van der Waals surface area contributed by atoms with Gasteiger partial charge in [-0.2, -0.15) is 0 Å². The maximum absolute atomic E-state index is 5.87. The van der Waals surface area contributed by atoms with Gasteiger partial charge in [0.1, 0.15) is 0 Å². The molecule has 1 aliphatic carbocycles. The monoisotopic (exact) mass is 243 g/mol. The molecule has 1 rings (SSSR count). The molecule has 0 aromatic heterocycles. The van der Waals surface area contributed by atoms with Crippen molar-refractivity contribution in [3.63, 3.8) is 0 Å². The molecule has 1 aliphatic rings. The summed E-state index contributed by atoms with van der Waals surface area (Å²) in [5.74, 6) is 0. The van der Waals surface area contributed by atoms with Gasteiger partial charge in [-0.15, -0.1) is 0 Å². The molecule has 0 heterocycles. The highest BCUT2D eigenvalue weighted by Crippen LogP contribution is 2.27. The van der Waals surface area contributed by atoms with Crippen molar-refractivity contribution in [1.82, 2.24) is 5.32 Å². The molecule has 0 aromatic carbocycles. The molecular weight excluding hydrogens is 214 g/mol. The molecule has 0 radical (unpaired) electrons. The Hall–Kier alpha value is -0.120. The molecule has 0 aliphatic heterocycles. The fraction of sp³-hybridized carbons (Fsp3) is 1.00. The predicted octanol–water partition coefficient (Wildman–Crippen LogP) is 2.74. The highest BCUT2D eigenvalue weighted by molar-refractivity contribution is 4.96. The summed E-state index contributed by atoms with van der Waals surface area (Å²) in [5, 5.41) is 3.51. The second kappa shape index (κ2) is 8.90. The minimum atomic E-state index is 0.257. The molecule has 3 atom stereocenters. The number of nitrogens with one attached hydrogen (secondary N) is 1. The smallest absolute Gasteiger partial charge is 0.0986 e. The van der Waals surface area contributed by atoms with Gasteiger partial charge < -0.3 is 14.8 Å². The Kier molecular flexibility index (Phi) is 7.82. The number of hydrogen-bond donors (Lipinski definition) is 1. The van der Waals surface area contributed by atoms with Crippen LogP contribution < -0.4 is 5.32 Å². The van der Waals surface area contributed by atoms with E-state index in [2.05, 4.69) is 19.2 Å². The topological polar surface area (TPSA) is 30.5 Å². The second-order valence-corrected chi connectivity index (χ2v) is 4.97. The maximum atomic E-state index is 5.87. The van der Waals surface area contributed by atoms with Crippen LogP contribution in [0.4, 0.5) is 0 Å². The van der Waals surface area contributed by atoms with Crippen molar-refractivity contribution in [2.75, 3.05) is 20.3 Å². The average molecular weight is 243 g/mol. The second-order valence-electron chi connectivity index (χ2n) is 4.97. The van der Waals surface area contributed by atoms with E-state index in [-0.39, 0.29) is 6.10 Å². The first kappa shape index (κ1) is 14.9. The minimum absolute atomic E-state index is 0.257. The van der Waals surface area contributed by atoms with Gasteiger partial charge in [0.25, 0.3) is 0 Å². The summed E-state index contributed by atoms with van der Waals surface area (Å²) in [5.41, 5.74) is 0. The fourth-order valence-corrected chi connectivity index (χ4v) is 2.35. The number of ether oxygens (including phenoxy) is 2. The summed E-state index contributed by atoms with van der Waals surface area (Å²) < 4.78 is 11.4. The van der Waals surface area contributed by atoms with Crippen molar-refractivity contribution in [1.29, 1.82) is 0 Å². The van der Waals surface area contributed by atoms with Gasteiger partial charge in [0.2, 0.25) is 0 Å². The molecule has 17 heavy (non-hydrogen) atoms. The Balaban J connectivity index is 2.06. The zero-order valence-electron chi connectivity index (χ0n) is 11.7. The normalized spacial score (nSPS) is 28.1. The van der Waals surface area contributed by atoms with E-state index in [1.807, 2.05) is 0 Å². The molecule has 0 spiro atoms. The van der Waals surface area contributed by atoms with E-state index in [0.717, 1.165) is 19.6 Å². The Morgan fingerprint density at radius 2 is 1.94 bits per heavy atom. The van der Waals surface area contributed by atoms with Crippen molar-refractivity contribution in [3.8, 4) is 0 Å². The number of methoxy groups -OCH3 is 1. The lowest BCUT2D eigenvalue weighted by Crippen LogP contribution is -2.59. The summed E-state index contributed by atoms with van der Waals surface area (Å²) in [7, 11) is 1.79. The zero-order chi connectivity index (χ0) is 12.5. The lowest BCUT2D eigenvalue weighted by Gasteiger charge is -2.43. The largest absolute Gasteiger partial charge is 0.377 e. The molecule has 1 N–H and O–H groups in total. The van der Waals surface area contributed by atoms with E-state index in [1.165, 1.54) is 32.1 Å². The fourth-order valence-electron chi connectivity index (χ4n) is 2.35. The van der Waals surface area contributed by atoms with Crippen LogP contribution in [-0.4, -0.2) is 38.5 Å². The molecule has 3 nitrogen and oxygen atoms in total. The molecule has 3 unspecified atom stereocenters. The van der Waals surface area contributed by atoms with Crippen LogP contribution in [0.3, 0.4) is 0 Å². The molecule has 3 heteroatoms. The molecule has 1 fully saturated rings. The van der Waals surface area contributed by atoms with E-state index >= 15 is 0 Å². The summed E-state index contributed by atoms with van der Waals surface area (Å²) in [6.07, 6.45) is 7.94. The quantitative estimate of drug-likeness (QED) is 0.598. The standard InChI is InChI=1S/C14H29NO2/c1-4-6-7-8-10-17-13-11-12(14(13)16-3)15-9-5-2/h12-15H,4-11H2,1-3H3. The highest BCUT2D eigenvalue weighted by atomic mass is 16.5. The van der Waals surface area contributed by atoms with E-state index in [4.69, 9.17) is 9.47 Å². The first-order valence-electron chi connectivity index (χ1n) is 7.21. The first-order valence-corrected chi connectivity index (χ1v) is 7.21. The minimum Gasteiger partial charge on any atom is -0.377 e. The Bertz CT molecular complexity index is 187. The van der Waals surface area contributed by atoms with Crippen LogP contribution in [0.25, 0.3) is 0 Å². The zero-order valence-corrected chi connectivity index (χ0v) is 11.7. The van der Waals surface area contributed by atoms with Crippen LogP contribution >= 0.6 is 0 Å². The Morgan fingerprint density at radius 1 is 1.12 bits per heavy atom. The number of hydrogen-bond acceptors (Lipinski definition) is 3. The van der Waals surface area contributed by atoms with Gasteiger partial charge in [-0.25, -0.2) is 0 Å². The Morgan fingerprint density at radius 3 is 2.59 bits per heavy atom. The van der Waals surface area contributed by atoms with Crippen molar-refractivity contribution < 1.29 is 9.47 Å². The Labute approximate surface area is 106 Å². The van der Waals surface area contributed by atoms with Crippen LogP contribution in [0.2, 0.25) is 0 Å². The molecule has 0 aromatic rings. The van der Waals surface area contributed by atoms with E-state index in [0.29, 0.717) is 12.1 Å². The third kappa shape index (κ3) is 4.94. The van der Waals surface area contributed by atoms with Gasteiger partial charge in [0.05, 0.1) is 12.2 Å². The van der Waals surface area contributed by atoms with Crippen LogP contribution in [0.15, 0.2) is 0 Å². The SMILES string of the molecule is CCCCCCOC1CC(NCCC)C1OC. The van der Waals surface area contributed by atoms with Crippen molar-refractivity contribution >= 4 is 0 Å². The van der Waals surface area contributed by atoms with E-state index in [1.54, 1.807) is 7.11 Å². The highest BCUT2D eigenvalue weighted by Gasteiger charge is 2.41. The van der Waals surface area contributed by atoms with E-state index in [9.17, 15) is 0 Å². The van der Waals surface area contributed by atoms with Gasteiger partial charge in [-0.3, -0.25) is 0 Å². The van der Waals surface area contributed by atoms with Crippen molar-refractivity contribution in [2.45, 2.75) is 70.6 Å². The maximum Gasteiger partial charge on any atom is 0.0986 e. The summed E-state index contributed by atoms with van der Waals surface area (Å²) in [4.78, 5) is 0. The summed E-state index contributed by atoms with van der Waals surface area (Å²) >= 11 is 0. The van der Waals surface area contributed by atoms with Crippen LogP contribution in [0, 0.1) is 0 Å². The third-order valence-corrected chi connectivity index (χ3v) is 3.51. The molecule has 0 saturated heterocycles. The van der Waals surface area contributed by atoms with Crippen molar-refractivity contribution in [2.24, 2.45) is 0 Å². The van der Waals surface area contributed by atoms with Gasteiger partial charge >= 0.3 is 0 Å². The van der Waals surface area contributed by atoms with Gasteiger partial charge in [-0.1, -0.05) is 33.1 Å². The van der Waals surface area contributed by atoms with Gasteiger partial charge in [-0.05, 0) is 25.8 Å². The molecule has 1 saturated carbocycles. The lowest BCUT2D eigenvalue weighted by atomic mass is 9.85. The molecule has 0 bridgehead atoms. The molecule has 102 valence electrons. The average Bonchev–Trinajstić information content (AvgIpc) is 2.31. The molecule has 0 amide bonds. The summed E-state index contributed by atoms with van der Waals surface area (Å²) in [6, 6.07) is 0.501. The number of unbranched alkanes of at least 4 members (excludes halogenated alkanes) is 3. The van der Waals surface area contributed by atoms with E-state index < -0.39 is 0 Å². The van der Waals surface area contributed by atoms with Crippen LogP contribution in [-0.2, 0) is 9.47 Å². The van der Waals surface area contributed by atoms with Crippen molar-refractivity contribution in [3.05, 3.63) is 0 Å². The number of rotatable bonds is 10. The third-order valence-electron chi connectivity index (χ3n) is 3.51. The molecular formula is C14H29NO2. The van der Waals surface area contributed by atoms with Gasteiger partial charge in [0.15, 0.2) is 0 Å². The predicted molar refractivity (Wildman–Crippen MR) is 71.4 cm³/mol. The van der Waals surface area contributed by atoms with Gasteiger partial charge in [0, 0.05) is 19.8 Å². The lowest BCUT2D eigenvalue weighted by molar-refractivity contribution is -0.134. The van der Waals surface area contributed by atoms with Crippen LogP contribution in [0.1, 0.15) is 52.4 Å². The van der Waals surface area contributed by atoms with Crippen LogP contribution in [0.5, 0.6) is 0 Å². The first-order chi connectivity index (χ1) is 8.33. The summed E-state index contributed by atoms with van der Waals surface area (Å²) in [6.45, 7) is 6.39.